The normalized spacial score (nSPS) is 12.4. The molecule has 4 aromatic rings. The fourth-order valence-electron chi connectivity index (χ4n) is 3.47. The van der Waals surface area contributed by atoms with E-state index in [0.717, 1.165) is 45.9 Å². The Morgan fingerprint density at radius 3 is 2.56 bits per heavy atom. The van der Waals surface area contributed by atoms with E-state index in [-0.39, 0.29) is 11.3 Å². The number of carbonyl (C=O) groups is 1. The van der Waals surface area contributed by atoms with E-state index >= 15 is 0 Å². The number of hydrogen-bond donors (Lipinski definition) is 3. The Morgan fingerprint density at radius 1 is 1.03 bits per heavy atom. The molecule has 4 rings (SSSR count). The molecule has 0 aliphatic carbocycles. The van der Waals surface area contributed by atoms with Crippen molar-refractivity contribution in [3.63, 3.8) is 0 Å². The predicted octanol–water partition coefficient (Wildman–Crippen LogP) is 4.86. The summed E-state index contributed by atoms with van der Waals surface area (Å²) in [7, 11) is 1.78. The highest BCUT2D eigenvalue weighted by Crippen LogP contribution is 2.31. The molecule has 0 unspecified atom stereocenters. The van der Waals surface area contributed by atoms with Gasteiger partial charge in [0.15, 0.2) is 0 Å². The van der Waals surface area contributed by atoms with Crippen molar-refractivity contribution < 1.29 is 18.0 Å². The minimum atomic E-state index is -4.63. The number of aromatic nitrogens is 3. The molecule has 0 aliphatic heterocycles. The number of alkyl halides is 3. The van der Waals surface area contributed by atoms with Crippen molar-refractivity contribution in [2.75, 3.05) is 17.7 Å². The Kier molecular flexibility index (Phi) is 6.16. The second-order valence-corrected chi connectivity index (χ2v) is 7.71. The van der Waals surface area contributed by atoms with Gasteiger partial charge < -0.3 is 16.4 Å². The zero-order valence-corrected chi connectivity index (χ0v) is 18.3. The van der Waals surface area contributed by atoms with Gasteiger partial charge in [-0.05, 0) is 53.9 Å². The number of fused-ring (bicyclic) bond motifs is 1. The summed E-state index contributed by atoms with van der Waals surface area (Å²) in [6.07, 6.45) is -0.0358. The fourth-order valence-corrected chi connectivity index (χ4v) is 3.47. The molecule has 4 N–H and O–H groups in total. The van der Waals surface area contributed by atoms with Gasteiger partial charge >= 0.3 is 6.18 Å². The van der Waals surface area contributed by atoms with Crippen molar-refractivity contribution in [1.82, 2.24) is 15.0 Å². The van der Waals surface area contributed by atoms with Crippen LogP contribution in [0.15, 0.2) is 61.1 Å². The number of nitrogens with two attached hydrogens (primary N) is 1. The van der Waals surface area contributed by atoms with Gasteiger partial charge in [0.2, 0.25) is 0 Å². The summed E-state index contributed by atoms with van der Waals surface area (Å²) in [5.41, 5.74) is 8.71. The Morgan fingerprint density at radius 2 is 1.82 bits per heavy atom. The Balaban J connectivity index is 1.61. The molecule has 0 radical (unpaired) electrons. The van der Waals surface area contributed by atoms with Crippen molar-refractivity contribution in [2.24, 2.45) is 5.73 Å². The number of carbonyl (C=O) groups excluding carboxylic acids is 1. The molecule has 3 aromatic heterocycles. The molecule has 34 heavy (non-hydrogen) atoms. The molecule has 0 saturated heterocycles. The van der Waals surface area contributed by atoms with Gasteiger partial charge in [-0.2, -0.15) is 13.2 Å². The number of pyridine rings is 3. The van der Waals surface area contributed by atoms with Gasteiger partial charge in [0.05, 0.1) is 5.52 Å². The topological polar surface area (TPSA) is 106 Å². The van der Waals surface area contributed by atoms with Gasteiger partial charge in [0, 0.05) is 48.3 Å². The van der Waals surface area contributed by atoms with Gasteiger partial charge in [0.25, 0.3) is 5.91 Å². The first-order chi connectivity index (χ1) is 16.2. The number of nitrogens with one attached hydrogen (secondary N) is 2. The van der Waals surface area contributed by atoms with Crippen LogP contribution in [0.2, 0.25) is 0 Å². The maximum atomic E-state index is 12.9. The third-order valence-electron chi connectivity index (χ3n) is 5.36. The maximum Gasteiger partial charge on any atom is 0.407 e. The van der Waals surface area contributed by atoms with Crippen LogP contribution in [0.1, 0.15) is 27.7 Å². The van der Waals surface area contributed by atoms with Crippen LogP contribution < -0.4 is 16.4 Å². The highest BCUT2D eigenvalue weighted by molar-refractivity contribution is 6.03. The summed E-state index contributed by atoms with van der Waals surface area (Å²) in [6.45, 7) is 1.93. The largest absolute Gasteiger partial charge is 0.407 e. The lowest BCUT2D eigenvalue weighted by atomic mass is 10.00. The lowest BCUT2D eigenvalue weighted by Gasteiger charge is -2.16. The van der Waals surface area contributed by atoms with E-state index in [1.165, 1.54) is 0 Å². The first kappa shape index (κ1) is 23.1. The van der Waals surface area contributed by atoms with Crippen molar-refractivity contribution in [1.29, 1.82) is 0 Å². The van der Waals surface area contributed by atoms with Crippen molar-refractivity contribution >= 4 is 28.3 Å². The first-order valence-corrected chi connectivity index (χ1v) is 10.3. The lowest BCUT2D eigenvalue weighted by Crippen LogP contribution is -2.28. The van der Waals surface area contributed by atoms with Crippen LogP contribution in [0.3, 0.4) is 0 Å². The van der Waals surface area contributed by atoms with Crippen LogP contribution in [0.5, 0.6) is 0 Å². The third kappa shape index (κ3) is 4.81. The number of halogens is 3. The van der Waals surface area contributed by atoms with Gasteiger partial charge in [-0.3, -0.25) is 14.8 Å². The van der Waals surface area contributed by atoms with E-state index in [4.69, 9.17) is 5.73 Å². The molecule has 1 aromatic carbocycles. The summed E-state index contributed by atoms with van der Waals surface area (Å²) in [5.74, 6) is 0.0639. The summed E-state index contributed by atoms with van der Waals surface area (Å²) in [5, 5.41) is 6.51. The van der Waals surface area contributed by atoms with Crippen LogP contribution in [-0.4, -0.2) is 34.1 Å². The van der Waals surface area contributed by atoms with Crippen LogP contribution in [0.4, 0.5) is 24.7 Å². The SMILES string of the molecule is CNc1cc2ncc(-c3cc(NC(=O)c4cc([C@@H](N)C(F)(F)F)ccn4)ccc3C)cc2cn1. The molecule has 0 spiro atoms. The van der Waals surface area contributed by atoms with E-state index in [1.54, 1.807) is 31.6 Å². The smallest absolute Gasteiger partial charge is 0.373 e. The van der Waals surface area contributed by atoms with E-state index in [9.17, 15) is 18.0 Å². The molecule has 3 heterocycles. The Bertz CT molecular complexity index is 1370. The van der Waals surface area contributed by atoms with Crippen molar-refractivity contribution in [3.8, 4) is 11.1 Å². The average molecular weight is 466 g/mol. The van der Waals surface area contributed by atoms with Gasteiger partial charge in [-0.25, -0.2) is 4.98 Å². The quantitative estimate of drug-likeness (QED) is 0.388. The second kappa shape index (κ2) is 9.06. The number of anilines is 2. The summed E-state index contributed by atoms with van der Waals surface area (Å²) in [4.78, 5) is 25.4. The number of amides is 1. The number of aryl methyl sites for hydroxylation is 1. The number of rotatable bonds is 5. The van der Waals surface area contributed by atoms with Crippen molar-refractivity contribution in [3.05, 3.63) is 77.9 Å². The van der Waals surface area contributed by atoms with Crippen molar-refractivity contribution in [2.45, 2.75) is 19.1 Å². The second-order valence-electron chi connectivity index (χ2n) is 7.71. The predicted molar refractivity (Wildman–Crippen MR) is 124 cm³/mol. The highest BCUT2D eigenvalue weighted by atomic mass is 19.4. The maximum absolute atomic E-state index is 12.9. The molecule has 0 aliphatic rings. The minimum absolute atomic E-state index is 0.168. The van der Waals surface area contributed by atoms with E-state index in [1.807, 2.05) is 25.1 Å². The third-order valence-corrected chi connectivity index (χ3v) is 5.36. The first-order valence-electron chi connectivity index (χ1n) is 10.3. The highest BCUT2D eigenvalue weighted by Gasteiger charge is 2.38. The zero-order chi connectivity index (χ0) is 24.5. The molecular weight excluding hydrogens is 445 g/mol. The lowest BCUT2D eigenvalue weighted by molar-refractivity contribution is -0.149. The fraction of sp³-hybridized carbons (Fsp3) is 0.167. The standard InChI is InChI=1S/C24H21F3N6O/c1-13-3-4-17(33-23(34)20-8-14(5-6-30-20)22(28)24(25,26)27)9-18(13)15-7-16-12-32-21(29-2)10-19(16)31-11-15/h3-12,22H,28H2,1-2H3,(H,29,32)(H,33,34)/t22-/m1/s1. The Hall–Kier alpha value is -4.05. The van der Waals surface area contributed by atoms with Gasteiger partial charge in [0.1, 0.15) is 17.6 Å². The minimum Gasteiger partial charge on any atom is -0.373 e. The number of hydrogen-bond acceptors (Lipinski definition) is 6. The molecule has 10 heteroatoms. The van der Waals surface area contributed by atoms with E-state index in [0.29, 0.717) is 11.5 Å². The molecule has 1 atom stereocenters. The summed E-state index contributed by atoms with van der Waals surface area (Å²) < 4.78 is 38.8. The molecule has 1 amide bonds. The summed E-state index contributed by atoms with van der Waals surface area (Å²) in [6, 6.07) is 9.09. The number of nitrogens with zero attached hydrogens (tertiary/aromatic N) is 3. The van der Waals surface area contributed by atoms with Crippen LogP contribution >= 0.6 is 0 Å². The zero-order valence-electron chi connectivity index (χ0n) is 18.3. The molecular formula is C24H21F3N6O. The van der Waals surface area contributed by atoms with E-state index in [2.05, 4.69) is 25.6 Å². The van der Waals surface area contributed by atoms with E-state index < -0.39 is 18.1 Å². The molecule has 174 valence electrons. The van der Waals surface area contributed by atoms with Crippen LogP contribution in [-0.2, 0) is 0 Å². The monoisotopic (exact) mass is 466 g/mol. The van der Waals surface area contributed by atoms with Gasteiger partial charge in [-0.1, -0.05) is 6.07 Å². The van der Waals surface area contributed by atoms with Gasteiger partial charge in [-0.15, -0.1) is 0 Å². The molecule has 0 bridgehead atoms. The molecule has 7 nitrogen and oxygen atoms in total. The Labute approximate surface area is 193 Å². The van der Waals surface area contributed by atoms with Crippen LogP contribution in [0, 0.1) is 6.92 Å². The molecule has 0 fully saturated rings. The van der Waals surface area contributed by atoms with Crippen LogP contribution in [0.25, 0.3) is 22.0 Å². The number of benzene rings is 1. The summed E-state index contributed by atoms with van der Waals surface area (Å²) >= 11 is 0. The average Bonchev–Trinajstić information content (AvgIpc) is 2.83. The molecule has 0 saturated carbocycles.